The molecule has 1 aromatic rings. The minimum Gasteiger partial charge on any atom is -0.350 e. The number of aromatic amines is 1. The van der Waals surface area contributed by atoms with Crippen molar-refractivity contribution in [1.82, 2.24) is 15.6 Å². The van der Waals surface area contributed by atoms with E-state index in [-0.39, 0.29) is 35.3 Å². The SMILES string of the molecule is CC1(C)CCCNC1CNC(=O)c1ccc(=O)[nH]c1.Cl. The molecule has 2 rings (SSSR count). The number of halogens is 1. The van der Waals surface area contributed by atoms with Gasteiger partial charge in [0.2, 0.25) is 5.56 Å². The molecule has 1 amide bonds. The minimum atomic E-state index is -0.202. The van der Waals surface area contributed by atoms with E-state index in [9.17, 15) is 9.59 Å². The highest BCUT2D eigenvalue weighted by atomic mass is 35.5. The lowest BCUT2D eigenvalue weighted by Crippen LogP contribution is -2.52. The number of rotatable bonds is 3. The lowest BCUT2D eigenvalue weighted by molar-refractivity contribution is 0.0928. The van der Waals surface area contributed by atoms with Crippen LogP contribution in [0.1, 0.15) is 37.0 Å². The number of hydrogen-bond acceptors (Lipinski definition) is 3. The Bertz CT molecular complexity index is 493. The molecule has 6 heteroatoms. The predicted octanol–water partition coefficient (Wildman–Crippen LogP) is 1.30. The monoisotopic (exact) mass is 299 g/mol. The Morgan fingerprint density at radius 2 is 2.20 bits per heavy atom. The van der Waals surface area contributed by atoms with E-state index in [1.54, 1.807) is 0 Å². The van der Waals surface area contributed by atoms with Crippen LogP contribution in [-0.4, -0.2) is 30.0 Å². The summed E-state index contributed by atoms with van der Waals surface area (Å²) in [5.74, 6) is -0.153. The third-order valence-corrected chi connectivity index (χ3v) is 3.85. The molecule has 0 aromatic carbocycles. The molecule has 0 aliphatic carbocycles. The van der Waals surface area contributed by atoms with Gasteiger partial charge in [0.1, 0.15) is 0 Å². The topological polar surface area (TPSA) is 74.0 Å². The first-order chi connectivity index (χ1) is 8.99. The second-order valence-electron chi connectivity index (χ2n) is 5.75. The van der Waals surface area contributed by atoms with Crippen molar-refractivity contribution in [3.63, 3.8) is 0 Å². The van der Waals surface area contributed by atoms with Crippen LogP contribution in [0.25, 0.3) is 0 Å². The van der Waals surface area contributed by atoms with Gasteiger partial charge in [0.05, 0.1) is 5.56 Å². The summed E-state index contributed by atoms with van der Waals surface area (Å²) in [5.41, 5.74) is 0.469. The number of pyridine rings is 1. The van der Waals surface area contributed by atoms with Gasteiger partial charge in [-0.3, -0.25) is 9.59 Å². The molecule has 1 fully saturated rings. The number of piperidine rings is 1. The third-order valence-electron chi connectivity index (χ3n) is 3.85. The van der Waals surface area contributed by atoms with Crippen LogP contribution in [0.2, 0.25) is 0 Å². The number of nitrogens with one attached hydrogen (secondary N) is 3. The van der Waals surface area contributed by atoms with E-state index in [2.05, 4.69) is 29.5 Å². The lowest BCUT2D eigenvalue weighted by atomic mass is 9.77. The van der Waals surface area contributed by atoms with Crippen LogP contribution in [-0.2, 0) is 0 Å². The van der Waals surface area contributed by atoms with Gasteiger partial charge >= 0.3 is 0 Å². The minimum absolute atomic E-state index is 0. The Labute approximate surface area is 125 Å². The summed E-state index contributed by atoms with van der Waals surface area (Å²) in [6, 6.07) is 3.18. The van der Waals surface area contributed by atoms with Crippen molar-refractivity contribution >= 4 is 18.3 Å². The second kappa shape index (κ2) is 6.90. The van der Waals surface area contributed by atoms with Crippen molar-refractivity contribution in [2.24, 2.45) is 5.41 Å². The van der Waals surface area contributed by atoms with Gasteiger partial charge in [-0.15, -0.1) is 12.4 Å². The number of carbonyl (C=O) groups excluding carboxylic acids is 1. The van der Waals surface area contributed by atoms with E-state index in [0.717, 1.165) is 6.54 Å². The van der Waals surface area contributed by atoms with Gasteiger partial charge in [-0.2, -0.15) is 0 Å². The summed E-state index contributed by atoms with van der Waals surface area (Å²) in [4.78, 5) is 25.4. The highest BCUT2D eigenvalue weighted by Crippen LogP contribution is 2.29. The van der Waals surface area contributed by atoms with Crippen LogP contribution >= 0.6 is 12.4 Å². The first-order valence-corrected chi connectivity index (χ1v) is 6.69. The molecular weight excluding hydrogens is 278 g/mol. The number of amides is 1. The molecule has 3 N–H and O–H groups in total. The second-order valence-corrected chi connectivity index (χ2v) is 5.75. The largest absolute Gasteiger partial charge is 0.350 e. The molecule has 0 saturated carbocycles. The predicted molar refractivity (Wildman–Crippen MR) is 81.4 cm³/mol. The Morgan fingerprint density at radius 3 is 2.80 bits per heavy atom. The van der Waals surface area contributed by atoms with Crippen LogP contribution in [0.15, 0.2) is 23.1 Å². The van der Waals surface area contributed by atoms with E-state index < -0.39 is 0 Å². The molecule has 1 unspecified atom stereocenters. The van der Waals surface area contributed by atoms with Crippen LogP contribution < -0.4 is 16.2 Å². The highest BCUT2D eigenvalue weighted by Gasteiger charge is 2.31. The van der Waals surface area contributed by atoms with Crippen LogP contribution in [0.4, 0.5) is 0 Å². The zero-order valence-electron chi connectivity index (χ0n) is 11.9. The van der Waals surface area contributed by atoms with Crippen molar-refractivity contribution < 1.29 is 4.79 Å². The van der Waals surface area contributed by atoms with Crippen molar-refractivity contribution in [3.05, 3.63) is 34.2 Å². The van der Waals surface area contributed by atoms with Crippen molar-refractivity contribution in [2.45, 2.75) is 32.7 Å². The van der Waals surface area contributed by atoms with E-state index in [1.807, 2.05) is 0 Å². The lowest BCUT2D eigenvalue weighted by Gasteiger charge is -2.39. The van der Waals surface area contributed by atoms with Crippen LogP contribution in [0.3, 0.4) is 0 Å². The number of carbonyl (C=O) groups is 1. The molecule has 0 spiro atoms. The first kappa shape index (κ1) is 16.7. The fourth-order valence-corrected chi connectivity index (χ4v) is 2.47. The molecule has 0 radical (unpaired) electrons. The molecule has 5 nitrogen and oxygen atoms in total. The van der Waals surface area contributed by atoms with E-state index in [1.165, 1.54) is 31.2 Å². The Hall–Kier alpha value is -1.33. The molecule has 2 heterocycles. The maximum atomic E-state index is 11.9. The molecule has 1 atom stereocenters. The Morgan fingerprint density at radius 1 is 1.45 bits per heavy atom. The fourth-order valence-electron chi connectivity index (χ4n) is 2.47. The quantitative estimate of drug-likeness (QED) is 0.788. The van der Waals surface area contributed by atoms with Crippen LogP contribution in [0, 0.1) is 5.41 Å². The van der Waals surface area contributed by atoms with Crippen LogP contribution in [0.5, 0.6) is 0 Å². The number of H-pyrrole nitrogens is 1. The molecule has 1 aromatic heterocycles. The Balaban J connectivity index is 0.00000200. The van der Waals surface area contributed by atoms with E-state index >= 15 is 0 Å². The van der Waals surface area contributed by atoms with Crippen molar-refractivity contribution in [3.8, 4) is 0 Å². The average Bonchev–Trinajstić information content (AvgIpc) is 2.37. The summed E-state index contributed by atoms with van der Waals surface area (Å²) >= 11 is 0. The van der Waals surface area contributed by atoms with Gasteiger partial charge < -0.3 is 15.6 Å². The fraction of sp³-hybridized carbons (Fsp3) is 0.571. The molecule has 1 aliphatic heterocycles. The van der Waals surface area contributed by atoms with Crippen molar-refractivity contribution in [2.75, 3.05) is 13.1 Å². The molecule has 0 bridgehead atoms. The summed E-state index contributed by atoms with van der Waals surface area (Å²) in [7, 11) is 0. The number of hydrogen-bond donors (Lipinski definition) is 3. The van der Waals surface area contributed by atoms with Gasteiger partial charge in [0, 0.05) is 24.8 Å². The zero-order valence-corrected chi connectivity index (χ0v) is 12.7. The third kappa shape index (κ3) is 4.08. The van der Waals surface area contributed by atoms with Gasteiger partial charge in [0.25, 0.3) is 5.91 Å². The normalized spacial score (nSPS) is 20.8. The maximum Gasteiger partial charge on any atom is 0.252 e. The van der Waals surface area contributed by atoms with Crippen molar-refractivity contribution in [1.29, 1.82) is 0 Å². The molecule has 1 saturated heterocycles. The first-order valence-electron chi connectivity index (χ1n) is 6.69. The standard InChI is InChI=1S/C14H21N3O2.ClH/c1-14(2)6-3-7-15-11(14)9-17-13(19)10-4-5-12(18)16-8-10;/h4-5,8,11,15H,3,6-7,9H2,1-2H3,(H,16,18)(H,17,19);1H. The summed E-state index contributed by atoms with van der Waals surface area (Å²) in [6.07, 6.45) is 3.79. The number of aromatic nitrogens is 1. The van der Waals surface area contributed by atoms with Gasteiger partial charge in [-0.25, -0.2) is 0 Å². The van der Waals surface area contributed by atoms with Gasteiger partial charge in [-0.1, -0.05) is 13.8 Å². The summed E-state index contributed by atoms with van der Waals surface area (Å²) < 4.78 is 0. The summed E-state index contributed by atoms with van der Waals surface area (Å²) in [5, 5.41) is 6.37. The average molecular weight is 300 g/mol. The Kier molecular flexibility index (Phi) is 5.77. The zero-order chi connectivity index (χ0) is 13.9. The van der Waals surface area contributed by atoms with E-state index in [4.69, 9.17) is 0 Å². The molecule has 112 valence electrons. The maximum absolute atomic E-state index is 11.9. The van der Waals surface area contributed by atoms with Gasteiger partial charge in [0.15, 0.2) is 0 Å². The molecule has 20 heavy (non-hydrogen) atoms. The van der Waals surface area contributed by atoms with E-state index in [0.29, 0.717) is 12.1 Å². The smallest absolute Gasteiger partial charge is 0.252 e. The van der Waals surface area contributed by atoms with Gasteiger partial charge in [-0.05, 0) is 30.9 Å². The molecule has 1 aliphatic rings. The highest BCUT2D eigenvalue weighted by molar-refractivity contribution is 5.93. The molecular formula is C14H22ClN3O2. The summed E-state index contributed by atoms with van der Waals surface area (Å²) in [6.45, 7) is 6.04.